The maximum Gasteiger partial charge on any atom is 0.310 e. The van der Waals surface area contributed by atoms with Gasteiger partial charge in [0.05, 0.1) is 18.1 Å². The molecule has 1 unspecified atom stereocenters. The van der Waals surface area contributed by atoms with Crippen molar-refractivity contribution in [2.75, 3.05) is 26.2 Å². The number of hydrogen-bond donors (Lipinski definition) is 1. The Morgan fingerprint density at radius 3 is 2.71 bits per heavy atom. The highest BCUT2D eigenvalue weighted by molar-refractivity contribution is 5.75. The van der Waals surface area contributed by atoms with Crippen LogP contribution in [-0.4, -0.2) is 48.3 Å². The van der Waals surface area contributed by atoms with E-state index in [4.69, 9.17) is 4.74 Å². The van der Waals surface area contributed by atoms with Gasteiger partial charge in [0.25, 0.3) is 0 Å². The Bertz CT molecular complexity index is 274. The molecule has 2 rings (SSSR count). The van der Waals surface area contributed by atoms with Gasteiger partial charge < -0.3 is 9.84 Å². The molecule has 1 saturated carbocycles. The lowest BCUT2D eigenvalue weighted by atomic mass is 9.73. The summed E-state index contributed by atoms with van der Waals surface area (Å²) in [6, 6.07) is 0. The van der Waals surface area contributed by atoms with Crippen molar-refractivity contribution < 1.29 is 14.6 Å². The van der Waals surface area contributed by atoms with Crippen molar-refractivity contribution in [1.29, 1.82) is 0 Å². The minimum atomic E-state index is -0.601. The number of hydrogen-bond acceptors (Lipinski definition) is 3. The molecule has 2 aliphatic rings. The van der Waals surface area contributed by atoms with E-state index in [1.807, 2.05) is 0 Å². The van der Waals surface area contributed by atoms with Crippen molar-refractivity contribution >= 4 is 5.97 Å². The summed E-state index contributed by atoms with van der Waals surface area (Å²) < 4.78 is 5.50. The third-order valence-corrected chi connectivity index (χ3v) is 4.12. The number of carboxylic acid groups (broad SMARTS) is 1. The van der Waals surface area contributed by atoms with Crippen LogP contribution in [0.1, 0.15) is 39.0 Å². The Hall–Kier alpha value is -0.610. The Morgan fingerprint density at radius 1 is 1.41 bits per heavy atom. The predicted molar refractivity (Wildman–Crippen MR) is 65.0 cm³/mol. The van der Waals surface area contributed by atoms with E-state index in [1.165, 1.54) is 6.42 Å². The van der Waals surface area contributed by atoms with E-state index in [-0.39, 0.29) is 6.10 Å². The second kappa shape index (κ2) is 5.36. The molecule has 0 aromatic rings. The quantitative estimate of drug-likeness (QED) is 0.817. The van der Waals surface area contributed by atoms with Crippen LogP contribution in [0.2, 0.25) is 0 Å². The van der Waals surface area contributed by atoms with Gasteiger partial charge in [-0.1, -0.05) is 19.3 Å². The average Bonchev–Trinajstić information content (AvgIpc) is 2.30. The van der Waals surface area contributed by atoms with E-state index in [0.717, 1.165) is 45.4 Å². The van der Waals surface area contributed by atoms with E-state index in [1.54, 1.807) is 0 Å². The molecule has 1 N–H and O–H groups in total. The van der Waals surface area contributed by atoms with E-state index >= 15 is 0 Å². The average molecular weight is 241 g/mol. The van der Waals surface area contributed by atoms with Crippen molar-refractivity contribution in [2.45, 2.75) is 45.1 Å². The summed E-state index contributed by atoms with van der Waals surface area (Å²) in [7, 11) is 0. The zero-order valence-corrected chi connectivity index (χ0v) is 10.7. The Balaban J connectivity index is 1.99. The molecule has 17 heavy (non-hydrogen) atoms. The monoisotopic (exact) mass is 241 g/mol. The Labute approximate surface area is 103 Å². The van der Waals surface area contributed by atoms with Crippen molar-refractivity contribution in [3.63, 3.8) is 0 Å². The van der Waals surface area contributed by atoms with Gasteiger partial charge >= 0.3 is 5.97 Å². The lowest BCUT2D eigenvalue weighted by molar-refractivity contribution is -0.154. The maximum absolute atomic E-state index is 11.6. The summed E-state index contributed by atoms with van der Waals surface area (Å²) in [5.41, 5.74) is -0.491. The summed E-state index contributed by atoms with van der Waals surface area (Å²) in [4.78, 5) is 13.8. The summed E-state index contributed by atoms with van der Waals surface area (Å²) >= 11 is 0. The van der Waals surface area contributed by atoms with Crippen LogP contribution in [0.25, 0.3) is 0 Å². The number of carboxylic acids is 1. The molecule has 1 aliphatic carbocycles. The fourth-order valence-electron chi connectivity index (χ4n) is 3.13. The maximum atomic E-state index is 11.6. The van der Waals surface area contributed by atoms with Gasteiger partial charge in [0.1, 0.15) is 0 Å². The minimum Gasteiger partial charge on any atom is -0.481 e. The third kappa shape index (κ3) is 2.99. The van der Waals surface area contributed by atoms with Gasteiger partial charge in [0, 0.05) is 19.6 Å². The second-order valence-electron chi connectivity index (χ2n) is 5.56. The van der Waals surface area contributed by atoms with Gasteiger partial charge in [-0.05, 0) is 19.8 Å². The molecular formula is C13H23NO3. The smallest absolute Gasteiger partial charge is 0.310 e. The highest BCUT2D eigenvalue weighted by atomic mass is 16.5. The van der Waals surface area contributed by atoms with Crippen LogP contribution < -0.4 is 0 Å². The molecule has 1 atom stereocenters. The van der Waals surface area contributed by atoms with Crippen molar-refractivity contribution in [1.82, 2.24) is 4.90 Å². The van der Waals surface area contributed by atoms with Crippen LogP contribution in [0.5, 0.6) is 0 Å². The number of nitrogens with zero attached hydrogens (tertiary/aromatic N) is 1. The first-order valence-electron chi connectivity index (χ1n) is 6.70. The lowest BCUT2D eigenvalue weighted by Crippen LogP contribution is -2.50. The molecule has 4 nitrogen and oxygen atoms in total. The number of rotatable bonds is 3. The van der Waals surface area contributed by atoms with Gasteiger partial charge in [-0.3, -0.25) is 9.69 Å². The van der Waals surface area contributed by atoms with Crippen LogP contribution in [0.15, 0.2) is 0 Å². The molecular weight excluding hydrogens is 218 g/mol. The molecule has 0 spiro atoms. The fourth-order valence-corrected chi connectivity index (χ4v) is 3.13. The third-order valence-electron chi connectivity index (χ3n) is 4.12. The molecule has 0 amide bonds. The molecule has 0 radical (unpaired) electrons. The normalized spacial score (nSPS) is 30.1. The SMILES string of the molecule is CC1CN(CC2(C(=O)O)CCCCC2)CCO1. The number of carbonyl (C=O) groups is 1. The first-order chi connectivity index (χ1) is 8.12. The van der Waals surface area contributed by atoms with Gasteiger partial charge in [-0.15, -0.1) is 0 Å². The molecule has 98 valence electrons. The van der Waals surface area contributed by atoms with Crippen LogP contribution in [0.4, 0.5) is 0 Å². The van der Waals surface area contributed by atoms with Crippen molar-refractivity contribution in [3.05, 3.63) is 0 Å². The van der Waals surface area contributed by atoms with Crippen LogP contribution in [0, 0.1) is 5.41 Å². The molecule has 2 fully saturated rings. The lowest BCUT2D eigenvalue weighted by Gasteiger charge is -2.40. The standard InChI is InChI=1S/C13H23NO3/c1-11-9-14(7-8-17-11)10-13(12(15)16)5-3-2-4-6-13/h11H,2-10H2,1H3,(H,15,16). The zero-order valence-electron chi connectivity index (χ0n) is 10.7. The molecule has 1 saturated heterocycles. The first-order valence-corrected chi connectivity index (χ1v) is 6.70. The highest BCUT2D eigenvalue weighted by Gasteiger charge is 2.41. The largest absolute Gasteiger partial charge is 0.481 e. The molecule has 0 aromatic heterocycles. The van der Waals surface area contributed by atoms with E-state index in [0.29, 0.717) is 6.54 Å². The van der Waals surface area contributed by atoms with Crippen LogP contribution in [0.3, 0.4) is 0 Å². The summed E-state index contributed by atoms with van der Waals surface area (Å²) in [5.74, 6) is -0.601. The highest BCUT2D eigenvalue weighted by Crippen LogP contribution is 2.37. The van der Waals surface area contributed by atoms with E-state index in [9.17, 15) is 9.90 Å². The Kier molecular flexibility index (Phi) is 4.05. The molecule has 1 heterocycles. The zero-order chi connectivity index (χ0) is 12.3. The van der Waals surface area contributed by atoms with E-state index < -0.39 is 11.4 Å². The first kappa shape index (κ1) is 12.8. The van der Waals surface area contributed by atoms with Gasteiger partial charge in [-0.25, -0.2) is 0 Å². The van der Waals surface area contributed by atoms with Crippen LogP contribution in [-0.2, 0) is 9.53 Å². The fraction of sp³-hybridized carbons (Fsp3) is 0.923. The number of ether oxygens (including phenoxy) is 1. The minimum absolute atomic E-state index is 0.234. The van der Waals surface area contributed by atoms with E-state index in [2.05, 4.69) is 11.8 Å². The topological polar surface area (TPSA) is 49.8 Å². The molecule has 1 aliphatic heterocycles. The van der Waals surface area contributed by atoms with Crippen molar-refractivity contribution in [3.8, 4) is 0 Å². The van der Waals surface area contributed by atoms with Crippen molar-refractivity contribution in [2.24, 2.45) is 5.41 Å². The number of morpholine rings is 1. The Morgan fingerprint density at radius 2 is 2.12 bits per heavy atom. The predicted octanol–water partition coefficient (Wildman–Crippen LogP) is 1.74. The molecule has 4 heteroatoms. The summed E-state index contributed by atoms with van der Waals surface area (Å²) in [5, 5.41) is 9.53. The van der Waals surface area contributed by atoms with Gasteiger partial charge in [0.2, 0.25) is 0 Å². The summed E-state index contributed by atoms with van der Waals surface area (Å²) in [6.07, 6.45) is 5.23. The van der Waals surface area contributed by atoms with Gasteiger partial charge in [0.15, 0.2) is 0 Å². The second-order valence-corrected chi connectivity index (χ2v) is 5.56. The van der Waals surface area contributed by atoms with Crippen LogP contribution >= 0.6 is 0 Å². The van der Waals surface area contributed by atoms with Gasteiger partial charge in [-0.2, -0.15) is 0 Å². The summed E-state index contributed by atoms with van der Waals surface area (Å²) in [6.45, 7) is 5.24. The molecule has 0 bridgehead atoms. The molecule has 0 aromatic carbocycles. The number of aliphatic carboxylic acids is 1.